The Labute approximate surface area is 175 Å². The molecule has 0 fully saturated rings. The zero-order chi connectivity index (χ0) is 21.1. The molecule has 0 saturated carbocycles. The number of carbonyl (C=O) groups excluding carboxylic acids is 2. The van der Waals surface area contributed by atoms with E-state index in [4.69, 9.17) is 16.3 Å². The summed E-state index contributed by atoms with van der Waals surface area (Å²) in [5.41, 5.74) is 1.48. The van der Waals surface area contributed by atoms with E-state index in [2.05, 4.69) is 10.6 Å². The molecule has 150 valence electrons. The van der Waals surface area contributed by atoms with Gasteiger partial charge in [-0.1, -0.05) is 35.9 Å². The van der Waals surface area contributed by atoms with E-state index in [-0.39, 0.29) is 11.5 Å². The van der Waals surface area contributed by atoms with Crippen LogP contribution in [0.25, 0.3) is 6.08 Å². The number of ether oxygens (including phenoxy) is 1. The van der Waals surface area contributed by atoms with Crippen LogP contribution in [0.3, 0.4) is 0 Å². The molecule has 0 aliphatic carbocycles. The molecule has 29 heavy (non-hydrogen) atoms. The molecule has 0 saturated heterocycles. The van der Waals surface area contributed by atoms with E-state index in [0.29, 0.717) is 48.0 Å². The molecule has 0 bridgehead atoms. The largest absolute Gasteiger partial charge is 0.382 e. The maximum absolute atomic E-state index is 12.4. The number of benzene rings is 2. The van der Waals surface area contributed by atoms with Gasteiger partial charge >= 0.3 is 0 Å². The van der Waals surface area contributed by atoms with E-state index < -0.39 is 5.91 Å². The highest BCUT2D eigenvalue weighted by Gasteiger charge is 2.11. The van der Waals surface area contributed by atoms with Gasteiger partial charge in [-0.15, -0.1) is 0 Å². The molecule has 0 unspecified atom stereocenters. The first-order valence-corrected chi connectivity index (χ1v) is 9.56. The van der Waals surface area contributed by atoms with Crippen LogP contribution in [0.15, 0.2) is 54.1 Å². The molecule has 2 N–H and O–H groups in total. The van der Waals surface area contributed by atoms with E-state index in [1.165, 1.54) is 6.08 Å². The molecule has 0 aliphatic heterocycles. The predicted octanol–water partition coefficient (Wildman–Crippen LogP) is 4.04. The number of nitrogens with one attached hydrogen (secondary N) is 2. The van der Waals surface area contributed by atoms with Crippen LogP contribution in [0.5, 0.6) is 0 Å². The molecular formula is C22H22ClN3O3. The van der Waals surface area contributed by atoms with Crippen LogP contribution in [-0.4, -0.2) is 31.6 Å². The number of hydrogen-bond donors (Lipinski definition) is 2. The minimum absolute atomic E-state index is 0.0176. The molecule has 2 amide bonds. The van der Waals surface area contributed by atoms with Gasteiger partial charge < -0.3 is 15.4 Å². The zero-order valence-corrected chi connectivity index (χ0v) is 16.8. The Bertz CT molecular complexity index is 935. The van der Waals surface area contributed by atoms with Crippen LogP contribution in [0.4, 0.5) is 5.69 Å². The highest BCUT2D eigenvalue weighted by molar-refractivity contribution is 6.34. The van der Waals surface area contributed by atoms with Crippen LogP contribution in [-0.2, 0) is 9.53 Å². The average Bonchev–Trinajstić information content (AvgIpc) is 2.72. The lowest BCUT2D eigenvalue weighted by Crippen LogP contribution is -2.26. The number of anilines is 1. The molecule has 0 spiro atoms. The van der Waals surface area contributed by atoms with Gasteiger partial charge in [-0.25, -0.2) is 0 Å². The maximum Gasteiger partial charge on any atom is 0.261 e. The summed E-state index contributed by atoms with van der Waals surface area (Å²) in [5.74, 6) is -0.793. The molecule has 2 aromatic rings. The monoisotopic (exact) mass is 411 g/mol. The van der Waals surface area contributed by atoms with Crippen LogP contribution in [0.2, 0.25) is 5.02 Å². The van der Waals surface area contributed by atoms with Crippen molar-refractivity contribution in [1.82, 2.24) is 5.32 Å². The SMILES string of the molecule is CCOCCCNC(=O)/C(C#N)=C/c1cccc(NC(=O)c2ccccc2Cl)c1. The van der Waals surface area contributed by atoms with Gasteiger partial charge in [0.05, 0.1) is 10.6 Å². The van der Waals surface area contributed by atoms with Gasteiger partial charge in [0.1, 0.15) is 11.6 Å². The van der Waals surface area contributed by atoms with Gasteiger partial charge in [-0.3, -0.25) is 9.59 Å². The Kier molecular flexibility index (Phi) is 8.90. The Hall–Kier alpha value is -3.14. The average molecular weight is 412 g/mol. The molecule has 7 heteroatoms. The second-order valence-electron chi connectivity index (χ2n) is 6.04. The smallest absolute Gasteiger partial charge is 0.261 e. The third-order valence-corrected chi connectivity index (χ3v) is 4.22. The van der Waals surface area contributed by atoms with Crippen molar-refractivity contribution < 1.29 is 14.3 Å². The fraction of sp³-hybridized carbons (Fsp3) is 0.227. The molecule has 2 aromatic carbocycles. The fourth-order valence-electron chi connectivity index (χ4n) is 2.48. The molecule has 0 heterocycles. The van der Waals surface area contributed by atoms with Crippen LogP contribution < -0.4 is 10.6 Å². The van der Waals surface area contributed by atoms with Crippen LogP contribution >= 0.6 is 11.6 Å². The Morgan fingerprint density at radius 2 is 2.00 bits per heavy atom. The lowest BCUT2D eigenvalue weighted by molar-refractivity contribution is -0.117. The predicted molar refractivity (Wildman–Crippen MR) is 114 cm³/mol. The molecule has 0 radical (unpaired) electrons. The van der Waals surface area contributed by atoms with Crippen molar-refractivity contribution in [2.75, 3.05) is 25.1 Å². The summed E-state index contributed by atoms with van der Waals surface area (Å²) in [6.07, 6.45) is 2.14. The van der Waals surface area contributed by atoms with E-state index in [1.807, 2.05) is 13.0 Å². The molecule has 0 aromatic heterocycles. The fourth-order valence-corrected chi connectivity index (χ4v) is 2.70. The molecule has 0 atom stereocenters. The van der Waals surface area contributed by atoms with Gasteiger partial charge in [-0.05, 0) is 49.2 Å². The molecule has 2 rings (SSSR count). The van der Waals surface area contributed by atoms with Crippen molar-refractivity contribution in [3.05, 3.63) is 70.3 Å². The lowest BCUT2D eigenvalue weighted by Gasteiger charge is -2.08. The zero-order valence-electron chi connectivity index (χ0n) is 16.1. The van der Waals surface area contributed by atoms with Crippen molar-refractivity contribution in [2.24, 2.45) is 0 Å². The van der Waals surface area contributed by atoms with Gasteiger partial charge in [0, 0.05) is 25.4 Å². The van der Waals surface area contributed by atoms with Crippen molar-refractivity contribution in [3.8, 4) is 6.07 Å². The minimum atomic E-state index is -0.450. The third kappa shape index (κ3) is 7.07. The first kappa shape index (κ1) is 22.2. The normalized spacial score (nSPS) is 10.9. The van der Waals surface area contributed by atoms with Crippen LogP contribution in [0.1, 0.15) is 29.3 Å². The van der Waals surface area contributed by atoms with Crippen LogP contribution in [0, 0.1) is 11.3 Å². The van der Waals surface area contributed by atoms with E-state index in [9.17, 15) is 14.9 Å². The number of rotatable bonds is 9. The second kappa shape index (κ2) is 11.6. The Morgan fingerprint density at radius 3 is 2.72 bits per heavy atom. The van der Waals surface area contributed by atoms with Gasteiger partial charge in [0.15, 0.2) is 0 Å². The maximum atomic E-state index is 12.4. The van der Waals surface area contributed by atoms with Gasteiger partial charge in [0.2, 0.25) is 0 Å². The molecule has 0 aliphatic rings. The number of halogens is 1. The first-order chi connectivity index (χ1) is 14.0. The van der Waals surface area contributed by atoms with Gasteiger partial charge in [0.25, 0.3) is 11.8 Å². The van der Waals surface area contributed by atoms with E-state index in [0.717, 1.165) is 0 Å². The topological polar surface area (TPSA) is 91.2 Å². The summed E-state index contributed by atoms with van der Waals surface area (Å²) >= 11 is 6.05. The summed E-state index contributed by atoms with van der Waals surface area (Å²) in [5, 5.41) is 15.1. The van der Waals surface area contributed by atoms with Crippen molar-refractivity contribution in [3.63, 3.8) is 0 Å². The summed E-state index contributed by atoms with van der Waals surface area (Å²) in [6.45, 7) is 3.50. The Balaban J connectivity index is 2.05. The second-order valence-corrected chi connectivity index (χ2v) is 6.44. The van der Waals surface area contributed by atoms with Crippen molar-refractivity contribution in [1.29, 1.82) is 5.26 Å². The highest BCUT2D eigenvalue weighted by Crippen LogP contribution is 2.19. The van der Waals surface area contributed by atoms with Crippen molar-refractivity contribution in [2.45, 2.75) is 13.3 Å². The van der Waals surface area contributed by atoms with Crippen molar-refractivity contribution >= 4 is 35.2 Å². The Morgan fingerprint density at radius 1 is 1.21 bits per heavy atom. The van der Waals surface area contributed by atoms with E-state index >= 15 is 0 Å². The van der Waals surface area contributed by atoms with Gasteiger partial charge in [-0.2, -0.15) is 5.26 Å². The number of nitrogens with zero attached hydrogens (tertiary/aromatic N) is 1. The minimum Gasteiger partial charge on any atom is -0.382 e. The van der Waals surface area contributed by atoms with E-state index in [1.54, 1.807) is 48.5 Å². The quantitative estimate of drug-likeness (QED) is 0.370. The standard InChI is InChI=1S/C22H22ClN3O3/c1-2-29-12-6-11-25-21(27)17(15-24)13-16-7-5-8-18(14-16)26-22(28)19-9-3-4-10-20(19)23/h3-5,7-10,13-14H,2,6,11-12H2,1H3,(H,25,27)(H,26,28)/b17-13+. The molecular weight excluding hydrogens is 390 g/mol. The highest BCUT2D eigenvalue weighted by atomic mass is 35.5. The number of carbonyl (C=O) groups is 2. The number of hydrogen-bond acceptors (Lipinski definition) is 4. The number of nitriles is 1. The summed E-state index contributed by atoms with van der Waals surface area (Å²) < 4.78 is 5.21. The summed E-state index contributed by atoms with van der Waals surface area (Å²) in [7, 11) is 0. The summed E-state index contributed by atoms with van der Waals surface area (Å²) in [6, 6.07) is 15.5. The summed E-state index contributed by atoms with van der Waals surface area (Å²) in [4.78, 5) is 24.6. The third-order valence-electron chi connectivity index (χ3n) is 3.89. The first-order valence-electron chi connectivity index (χ1n) is 9.18. The molecule has 6 nitrogen and oxygen atoms in total. The number of amides is 2. The lowest BCUT2D eigenvalue weighted by atomic mass is 10.1.